The van der Waals surface area contributed by atoms with E-state index >= 15 is 0 Å². The Balaban J connectivity index is 1.80. The van der Waals surface area contributed by atoms with Gasteiger partial charge >= 0.3 is 0 Å². The molecule has 0 fully saturated rings. The molecule has 104 valence electrons. The molecule has 0 spiro atoms. The van der Waals surface area contributed by atoms with Crippen LogP contribution in [0.4, 0.5) is 0 Å². The summed E-state index contributed by atoms with van der Waals surface area (Å²) in [5, 5.41) is 3.90. The van der Waals surface area contributed by atoms with Crippen molar-refractivity contribution in [2.24, 2.45) is 5.73 Å². The molecule has 3 rings (SSSR count). The molecular weight excluding hydrogens is 274 g/mol. The Hall–Kier alpha value is -2.05. The van der Waals surface area contributed by atoms with Gasteiger partial charge in [-0.15, -0.1) is 16.4 Å². The fraction of sp³-hybridized carbons (Fsp3) is 0.214. The summed E-state index contributed by atoms with van der Waals surface area (Å²) < 4.78 is 5.07. The van der Waals surface area contributed by atoms with Crippen molar-refractivity contribution in [1.82, 2.24) is 10.0 Å². The summed E-state index contributed by atoms with van der Waals surface area (Å²) in [6.07, 6.45) is 3.67. The first-order valence-electron chi connectivity index (χ1n) is 6.20. The standard InChI is InChI=1S/C14H15N3O2S/c1-18-14-5-4-10(8-16-14)12-7-13(15)19-17(12)9-11-3-2-6-20-11/h2-8,12H,9,15H2,1H3. The van der Waals surface area contributed by atoms with Gasteiger partial charge in [-0.1, -0.05) is 12.1 Å². The number of hydrogen-bond acceptors (Lipinski definition) is 6. The number of thiophene rings is 1. The molecule has 1 unspecified atom stereocenters. The van der Waals surface area contributed by atoms with Crippen LogP contribution in [0.3, 0.4) is 0 Å². The lowest BCUT2D eigenvalue weighted by Gasteiger charge is -2.22. The molecule has 0 aliphatic carbocycles. The van der Waals surface area contributed by atoms with Gasteiger partial charge in [-0.2, -0.15) is 0 Å². The molecule has 0 saturated heterocycles. The first-order chi connectivity index (χ1) is 9.76. The Morgan fingerprint density at radius 1 is 1.45 bits per heavy atom. The Morgan fingerprint density at radius 2 is 2.35 bits per heavy atom. The van der Waals surface area contributed by atoms with Crippen LogP contribution in [0, 0.1) is 0 Å². The molecule has 0 saturated carbocycles. The molecule has 2 aromatic rings. The number of pyridine rings is 1. The van der Waals surface area contributed by atoms with Crippen LogP contribution in [-0.4, -0.2) is 17.2 Å². The molecule has 0 aromatic carbocycles. The van der Waals surface area contributed by atoms with Crippen molar-refractivity contribution in [2.75, 3.05) is 7.11 Å². The molecule has 20 heavy (non-hydrogen) atoms. The van der Waals surface area contributed by atoms with Gasteiger partial charge in [0.2, 0.25) is 11.8 Å². The normalized spacial score (nSPS) is 18.6. The number of hydrogen-bond donors (Lipinski definition) is 1. The Labute approximate surface area is 121 Å². The van der Waals surface area contributed by atoms with Gasteiger partial charge in [0.25, 0.3) is 0 Å². The van der Waals surface area contributed by atoms with E-state index in [1.54, 1.807) is 24.6 Å². The van der Waals surface area contributed by atoms with Crippen molar-refractivity contribution in [3.63, 3.8) is 0 Å². The highest BCUT2D eigenvalue weighted by Gasteiger charge is 2.28. The lowest BCUT2D eigenvalue weighted by Crippen LogP contribution is -2.22. The highest BCUT2D eigenvalue weighted by Crippen LogP contribution is 2.31. The second-order valence-electron chi connectivity index (χ2n) is 4.39. The zero-order chi connectivity index (χ0) is 13.9. The zero-order valence-corrected chi connectivity index (χ0v) is 11.8. The maximum atomic E-state index is 5.79. The number of methoxy groups -OCH3 is 1. The third-order valence-corrected chi connectivity index (χ3v) is 3.92. The van der Waals surface area contributed by atoms with Gasteiger partial charge < -0.3 is 15.3 Å². The van der Waals surface area contributed by atoms with Gasteiger partial charge in [0.15, 0.2) is 0 Å². The third-order valence-electron chi connectivity index (χ3n) is 3.06. The summed E-state index contributed by atoms with van der Waals surface area (Å²) >= 11 is 1.69. The van der Waals surface area contributed by atoms with Crippen LogP contribution >= 0.6 is 11.3 Å². The second kappa shape index (κ2) is 5.52. The van der Waals surface area contributed by atoms with Crippen molar-refractivity contribution in [1.29, 1.82) is 0 Å². The van der Waals surface area contributed by atoms with E-state index in [4.69, 9.17) is 15.3 Å². The molecule has 1 aliphatic heterocycles. The SMILES string of the molecule is COc1ccc(C2C=C(N)ON2Cc2cccs2)cn1. The molecule has 0 bridgehead atoms. The van der Waals surface area contributed by atoms with Gasteiger partial charge in [0, 0.05) is 23.2 Å². The van der Waals surface area contributed by atoms with Gasteiger partial charge in [0.05, 0.1) is 19.7 Å². The monoisotopic (exact) mass is 289 g/mol. The summed E-state index contributed by atoms with van der Waals surface area (Å²) in [7, 11) is 1.60. The molecule has 2 N–H and O–H groups in total. The van der Waals surface area contributed by atoms with Crippen molar-refractivity contribution in [2.45, 2.75) is 12.6 Å². The van der Waals surface area contributed by atoms with Gasteiger partial charge in [0.1, 0.15) is 0 Å². The van der Waals surface area contributed by atoms with Crippen molar-refractivity contribution < 1.29 is 9.57 Å². The Morgan fingerprint density at radius 3 is 3.00 bits per heavy atom. The Kier molecular flexibility index (Phi) is 3.58. The van der Waals surface area contributed by atoms with Crippen LogP contribution in [0.5, 0.6) is 5.88 Å². The third kappa shape index (κ3) is 2.61. The topological polar surface area (TPSA) is 60.6 Å². The van der Waals surface area contributed by atoms with Gasteiger partial charge in [-0.05, 0) is 17.0 Å². The average Bonchev–Trinajstić information content (AvgIpc) is 3.09. The van der Waals surface area contributed by atoms with E-state index in [2.05, 4.69) is 11.1 Å². The number of nitrogens with two attached hydrogens (primary N) is 1. The number of ether oxygens (including phenoxy) is 1. The maximum Gasteiger partial charge on any atom is 0.212 e. The van der Waals surface area contributed by atoms with Crippen LogP contribution in [0.25, 0.3) is 0 Å². The maximum absolute atomic E-state index is 5.79. The van der Waals surface area contributed by atoms with Crippen molar-refractivity contribution >= 4 is 11.3 Å². The number of hydroxylamine groups is 2. The fourth-order valence-corrected chi connectivity index (χ4v) is 2.79. The molecular formula is C14H15N3O2S. The minimum Gasteiger partial charge on any atom is -0.481 e. The van der Waals surface area contributed by atoms with E-state index < -0.39 is 0 Å². The van der Waals surface area contributed by atoms with E-state index in [1.807, 2.05) is 34.7 Å². The van der Waals surface area contributed by atoms with Crippen LogP contribution in [0.1, 0.15) is 16.5 Å². The van der Waals surface area contributed by atoms with Crippen LogP contribution in [0.15, 0.2) is 47.8 Å². The minimum absolute atomic E-state index is 0.0319. The van der Waals surface area contributed by atoms with E-state index in [0.717, 1.165) is 5.56 Å². The fourth-order valence-electron chi connectivity index (χ4n) is 2.10. The molecule has 1 atom stereocenters. The lowest BCUT2D eigenvalue weighted by molar-refractivity contribution is -0.127. The average molecular weight is 289 g/mol. The summed E-state index contributed by atoms with van der Waals surface area (Å²) in [6, 6.07) is 7.87. The van der Waals surface area contributed by atoms with Crippen molar-refractivity contribution in [3.8, 4) is 5.88 Å². The van der Waals surface area contributed by atoms with E-state index in [1.165, 1.54) is 4.88 Å². The van der Waals surface area contributed by atoms with Crippen molar-refractivity contribution in [3.05, 3.63) is 58.2 Å². The van der Waals surface area contributed by atoms with E-state index in [-0.39, 0.29) is 6.04 Å². The highest BCUT2D eigenvalue weighted by atomic mass is 32.1. The summed E-state index contributed by atoms with van der Waals surface area (Å²) in [6.45, 7) is 0.686. The molecule has 2 aromatic heterocycles. The van der Waals surface area contributed by atoms with E-state index in [9.17, 15) is 0 Å². The van der Waals surface area contributed by atoms with Crippen LogP contribution < -0.4 is 10.5 Å². The predicted octanol–water partition coefficient (Wildman–Crippen LogP) is 2.44. The smallest absolute Gasteiger partial charge is 0.212 e. The number of nitrogens with zero attached hydrogens (tertiary/aromatic N) is 2. The number of aromatic nitrogens is 1. The van der Waals surface area contributed by atoms with Crippen LogP contribution in [0.2, 0.25) is 0 Å². The summed E-state index contributed by atoms with van der Waals surface area (Å²) in [5.74, 6) is 1.01. The molecule has 3 heterocycles. The summed E-state index contributed by atoms with van der Waals surface area (Å²) in [5.41, 5.74) is 6.81. The Bertz CT molecular complexity index is 595. The van der Waals surface area contributed by atoms with E-state index in [0.29, 0.717) is 18.3 Å². The quantitative estimate of drug-likeness (QED) is 0.936. The summed E-state index contributed by atoms with van der Waals surface area (Å²) in [4.78, 5) is 11.0. The first-order valence-corrected chi connectivity index (χ1v) is 7.08. The van der Waals surface area contributed by atoms with Gasteiger partial charge in [-0.25, -0.2) is 4.98 Å². The largest absolute Gasteiger partial charge is 0.481 e. The zero-order valence-electron chi connectivity index (χ0n) is 11.0. The lowest BCUT2D eigenvalue weighted by atomic mass is 10.1. The molecule has 6 heteroatoms. The van der Waals surface area contributed by atoms with Gasteiger partial charge in [-0.3, -0.25) is 0 Å². The predicted molar refractivity (Wildman–Crippen MR) is 76.7 cm³/mol. The first kappa shape index (κ1) is 13.0. The number of rotatable bonds is 4. The molecule has 1 aliphatic rings. The molecule has 5 nitrogen and oxygen atoms in total. The highest BCUT2D eigenvalue weighted by molar-refractivity contribution is 7.09. The molecule has 0 radical (unpaired) electrons. The van der Waals surface area contributed by atoms with Crippen LogP contribution in [-0.2, 0) is 11.4 Å². The minimum atomic E-state index is -0.0319. The second-order valence-corrected chi connectivity index (χ2v) is 5.43. The molecule has 0 amide bonds.